The van der Waals surface area contributed by atoms with Crippen molar-refractivity contribution in [3.05, 3.63) is 35.9 Å². The molecule has 0 aliphatic carbocycles. The number of hydrogen-bond donors (Lipinski definition) is 1. The number of thioether (sulfide) groups is 1. The van der Waals surface area contributed by atoms with E-state index in [0.717, 1.165) is 37.2 Å². The summed E-state index contributed by atoms with van der Waals surface area (Å²) < 4.78 is 0. The SMILES string of the molecule is CCCCSC(C)C(=O)N1CCC(C(O)c2ccccc2)CC1. The summed E-state index contributed by atoms with van der Waals surface area (Å²) in [5.41, 5.74) is 0.987. The van der Waals surface area contributed by atoms with Gasteiger partial charge in [0.1, 0.15) is 0 Å². The van der Waals surface area contributed by atoms with Crippen LogP contribution in [0.5, 0.6) is 0 Å². The highest BCUT2D eigenvalue weighted by atomic mass is 32.2. The Morgan fingerprint density at radius 2 is 1.96 bits per heavy atom. The van der Waals surface area contributed by atoms with Crippen molar-refractivity contribution in [1.29, 1.82) is 0 Å². The van der Waals surface area contributed by atoms with Gasteiger partial charge in [-0.15, -0.1) is 11.8 Å². The summed E-state index contributed by atoms with van der Waals surface area (Å²) in [4.78, 5) is 14.5. The molecule has 2 unspecified atom stereocenters. The number of amides is 1. The zero-order valence-electron chi connectivity index (χ0n) is 14.3. The van der Waals surface area contributed by atoms with Crippen molar-refractivity contribution in [2.45, 2.75) is 50.9 Å². The zero-order valence-corrected chi connectivity index (χ0v) is 15.1. The fourth-order valence-electron chi connectivity index (χ4n) is 3.09. The van der Waals surface area contributed by atoms with E-state index in [1.54, 1.807) is 11.8 Å². The molecule has 128 valence electrons. The van der Waals surface area contributed by atoms with Crippen LogP contribution >= 0.6 is 11.8 Å². The van der Waals surface area contributed by atoms with Crippen molar-refractivity contribution >= 4 is 17.7 Å². The van der Waals surface area contributed by atoms with Crippen LogP contribution in [-0.2, 0) is 4.79 Å². The van der Waals surface area contributed by atoms with Gasteiger partial charge in [0.25, 0.3) is 0 Å². The summed E-state index contributed by atoms with van der Waals surface area (Å²) >= 11 is 1.77. The average Bonchev–Trinajstić information content (AvgIpc) is 2.61. The molecule has 1 aliphatic rings. The molecule has 1 aliphatic heterocycles. The van der Waals surface area contributed by atoms with Crippen molar-refractivity contribution in [3.63, 3.8) is 0 Å². The lowest BCUT2D eigenvalue weighted by Gasteiger charge is -2.35. The quantitative estimate of drug-likeness (QED) is 0.769. The Bertz CT molecular complexity index is 472. The van der Waals surface area contributed by atoms with Gasteiger partial charge in [-0.2, -0.15) is 0 Å². The highest BCUT2D eigenvalue weighted by Gasteiger charge is 2.29. The first-order chi connectivity index (χ1) is 11.1. The van der Waals surface area contributed by atoms with E-state index in [0.29, 0.717) is 0 Å². The predicted molar refractivity (Wildman–Crippen MR) is 97.5 cm³/mol. The molecular weight excluding hydrogens is 306 g/mol. The topological polar surface area (TPSA) is 40.5 Å². The van der Waals surface area contributed by atoms with E-state index in [-0.39, 0.29) is 17.1 Å². The van der Waals surface area contributed by atoms with E-state index in [9.17, 15) is 9.90 Å². The standard InChI is InChI=1S/C19H29NO2S/c1-3-4-14-23-15(2)19(22)20-12-10-17(11-13-20)18(21)16-8-6-5-7-9-16/h5-9,15,17-18,21H,3-4,10-14H2,1-2H3. The Balaban J connectivity index is 1.80. The molecule has 4 heteroatoms. The van der Waals surface area contributed by atoms with Gasteiger partial charge in [-0.3, -0.25) is 4.79 Å². The van der Waals surface area contributed by atoms with E-state index in [4.69, 9.17) is 0 Å². The summed E-state index contributed by atoms with van der Waals surface area (Å²) in [6, 6.07) is 9.86. The van der Waals surface area contributed by atoms with E-state index in [1.165, 1.54) is 12.8 Å². The molecule has 1 N–H and O–H groups in total. The number of likely N-dealkylation sites (tertiary alicyclic amines) is 1. The number of rotatable bonds is 7. The number of unbranched alkanes of at least 4 members (excludes halogenated alkanes) is 1. The van der Waals surface area contributed by atoms with Crippen molar-refractivity contribution in [3.8, 4) is 0 Å². The molecule has 0 saturated carbocycles. The number of hydrogen-bond acceptors (Lipinski definition) is 3. The molecule has 23 heavy (non-hydrogen) atoms. The monoisotopic (exact) mass is 335 g/mol. The van der Waals surface area contributed by atoms with Crippen LogP contribution in [0.25, 0.3) is 0 Å². The van der Waals surface area contributed by atoms with Crippen LogP contribution < -0.4 is 0 Å². The van der Waals surface area contributed by atoms with Gasteiger partial charge >= 0.3 is 0 Å². The number of piperidine rings is 1. The lowest BCUT2D eigenvalue weighted by atomic mass is 9.87. The second-order valence-corrected chi connectivity index (χ2v) is 7.83. The van der Waals surface area contributed by atoms with Crippen LogP contribution in [0.15, 0.2) is 30.3 Å². The first-order valence-corrected chi connectivity index (χ1v) is 9.81. The molecule has 1 saturated heterocycles. The Morgan fingerprint density at radius 3 is 2.57 bits per heavy atom. The second kappa shape index (κ2) is 9.33. The number of nitrogens with zero attached hydrogens (tertiary/aromatic N) is 1. The molecular formula is C19H29NO2S. The van der Waals surface area contributed by atoms with E-state index in [2.05, 4.69) is 6.92 Å². The summed E-state index contributed by atoms with van der Waals surface area (Å²) in [7, 11) is 0. The normalized spacial score (nSPS) is 18.7. The average molecular weight is 336 g/mol. The van der Waals surface area contributed by atoms with Gasteiger partial charge in [-0.25, -0.2) is 0 Å². The molecule has 1 aromatic rings. The third-order valence-corrected chi connectivity index (χ3v) is 5.88. The minimum Gasteiger partial charge on any atom is -0.388 e. The largest absolute Gasteiger partial charge is 0.388 e. The number of aliphatic hydroxyl groups excluding tert-OH is 1. The van der Waals surface area contributed by atoms with Crippen molar-refractivity contribution in [2.24, 2.45) is 5.92 Å². The van der Waals surface area contributed by atoms with Gasteiger partial charge in [0.2, 0.25) is 5.91 Å². The molecule has 0 aromatic heterocycles. The molecule has 1 aromatic carbocycles. The lowest BCUT2D eigenvalue weighted by molar-refractivity contribution is -0.132. The van der Waals surface area contributed by atoms with Crippen LogP contribution in [0.2, 0.25) is 0 Å². The zero-order chi connectivity index (χ0) is 16.7. The number of aliphatic hydroxyl groups is 1. The molecule has 0 radical (unpaired) electrons. The van der Waals surface area contributed by atoms with Gasteiger partial charge in [-0.1, -0.05) is 43.7 Å². The fraction of sp³-hybridized carbons (Fsp3) is 0.632. The minimum absolute atomic E-state index is 0.0529. The van der Waals surface area contributed by atoms with Gasteiger partial charge in [0.05, 0.1) is 11.4 Å². The summed E-state index contributed by atoms with van der Waals surface area (Å²) in [6.45, 7) is 5.74. The van der Waals surface area contributed by atoms with Gasteiger partial charge in [-0.05, 0) is 43.4 Å². The van der Waals surface area contributed by atoms with E-state index >= 15 is 0 Å². The van der Waals surface area contributed by atoms with E-state index in [1.807, 2.05) is 42.2 Å². The highest BCUT2D eigenvalue weighted by molar-refractivity contribution is 8.00. The maximum Gasteiger partial charge on any atom is 0.235 e. The van der Waals surface area contributed by atoms with Crippen LogP contribution in [-0.4, -0.2) is 40.0 Å². The molecule has 0 bridgehead atoms. The number of carbonyl (C=O) groups excluding carboxylic acids is 1. The van der Waals surface area contributed by atoms with Gasteiger partial charge in [0.15, 0.2) is 0 Å². The summed E-state index contributed by atoms with van der Waals surface area (Å²) in [5.74, 6) is 1.58. The highest BCUT2D eigenvalue weighted by Crippen LogP contribution is 2.31. The number of carbonyl (C=O) groups is 1. The third-order valence-electron chi connectivity index (χ3n) is 4.65. The van der Waals surface area contributed by atoms with Crippen LogP contribution in [0.3, 0.4) is 0 Å². The Kier molecular flexibility index (Phi) is 7.44. The molecule has 0 spiro atoms. The lowest BCUT2D eigenvalue weighted by Crippen LogP contribution is -2.43. The number of benzene rings is 1. The third kappa shape index (κ3) is 5.25. The Hall–Kier alpha value is -1.00. The van der Waals surface area contributed by atoms with Crippen molar-refractivity contribution in [2.75, 3.05) is 18.8 Å². The van der Waals surface area contributed by atoms with Crippen molar-refractivity contribution in [1.82, 2.24) is 4.90 Å². The summed E-state index contributed by atoms with van der Waals surface area (Å²) in [6.07, 6.45) is 3.71. The Morgan fingerprint density at radius 1 is 1.30 bits per heavy atom. The van der Waals surface area contributed by atoms with Crippen molar-refractivity contribution < 1.29 is 9.90 Å². The van der Waals surface area contributed by atoms with Crippen LogP contribution in [0.1, 0.15) is 51.2 Å². The molecule has 1 amide bonds. The fourth-order valence-corrected chi connectivity index (χ4v) is 4.19. The maximum absolute atomic E-state index is 12.5. The van der Waals surface area contributed by atoms with Gasteiger partial charge < -0.3 is 10.0 Å². The van der Waals surface area contributed by atoms with Crippen LogP contribution in [0, 0.1) is 5.92 Å². The minimum atomic E-state index is -0.412. The second-order valence-electron chi connectivity index (χ2n) is 6.38. The molecule has 2 atom stereocenters. The molecule has 2 rings (SSSR count). The van der Waals surface area contributed by atoms with E-state index < -0.39 is 6.10 Å². The maximum atomic E-state index is 12.5. The van der Waals surface area contributed by atoms with Gasteiger partial charge in [0, 0.05) is 13.1 Å². The smallest absolute Gasteiger partial charge is 0.235 e. The molecule has 1 heterocycles. The Labute approximate surface area is 144 Å². The first-order valence-electron chi connectivity index (χ1n) is 8.77. The predicted octanol–water partition coefficient (Wildman–Crippen LogP) is 3.88. The first kappa shape index (κ1) is 18.3. The molecule has 1 fully saturated rings. The summed E-state index contributed by atoms with van der Waals surface area (Å²) in [5, 5.41) is 10.6. The van der Waals surface area contributed by atoms with Crippen LogP contribution in [0.4, 0.5) is 0 Å². The molecule has 3 nitrogen and oxygen atoms in total.